The van der Waals surface area contributed by atoms with Gasteiger partial charge in [0.2, 0.25) is 5.91 Å². The lowest BCUT2D eigenvalue weighted by atomic mass is 9.84. The van der Waals surface area contributed by atoms with Crippen LogP contribution in [0, 0.1) is 23.4 Å². The zero-order valence-electron chi connectivity index (χ0n) is 20.9. The zero-order chi connectivity index (χ0) is 26.8. The molecule has 6 nitrogen and oxygen atoms in total. The molecule has 2 aromatic carbocycles. The Bertz CT molecular complexity index is 1330. The van der Waals surface area contributed by atoms with Gasteiger partial charge in [0.15, 0.2) is 17.5 Å². The molecular weight excluding hydrogens is 495 g/mol. The summed E-state index contributed by atoms with van der Waals surface area (Å²) in [7, 11) is 0. The molecule has 3 heterocycles. The highest BCUT2D eigenvalue weighted by Crippen LogP contribution is 2.35. The number of para-hydroxylation sites is 1. The smallest absolute Gasteiger partial charge is 0.321 e. The number of aromatic nitrogens is 1. The molecule has 0 aliphatic carbocycles. The summed E-state index contributed by atoms with van der Waals surface area (Å²) in [6.07, 6.45) is 7.41. The molecule has 5 rings (SSSR count). The molecule has 2 fully saturated rings. The van der Waals surface area contributed by atoms with Crippen molar-refractivity contribution in [3.63, 3.8) is 0 Å². The third kappa shape index (κ3) is 5.34. The van der Waals surface area contributed by atoms with Gasteiger partial charge in [-0.3, -0.25) is 14.5 Å². The van der Waals surface area contributed by atoms with E-state index in [0.717, 1.165) is 30.5 Å². The first-order valence-corrected chi connectivity index (χ1v) is 13.0. The van der Waals surface area contributed by atoms with Crippen LogP contribution in [0.25, 0.3) is 17.0 Å². The van der Waals surface area contributed by atoms with E-state index in [0.29, 0.717) is 44.9 Å². The van der Waals surface area contributed by atoms with Gasteiger partial charge in [-0.1, -0.05) is 18.2 Å². The van der Waals surface area contributed by atoms with Gasteiger partial charge < -0.3 is 15.0 Å². The number of benzene rings is 2. The third-order valence-corrected chi connectivity index (χ3v) is 7.96. The Labute approximate surface area is 218 Å². The molecule has 2 saturated heterocycles. The summed E-state index contributed by atoms with van der Waals surface area (Å²) in [5.74, 6) is -5.05. The molecule has 1 amide bonds. The molecule has 3 aromatic rings. The zero-order valence-corrected chi connectivity index (χ0v) is 20.9. The van der Waals surface area contributed by atoms with Crippen LogP contribution in [0.15, 0.2) is 48.7 Å². The first kappa shape index (κ1) is 26.0. The number of amides is 1. The third-order valence-electron chi connectivity index (χ3n) is 7.96. The summed E-state index contributed by atoms with van der Waals surface area (Å²) in [6.45, 7) is 2.20. The van der Waals surface area contributed by atoms with E-state index >= 15 is 0 Å². The summed E-state index contributed by atoms with van der Waals surface area (Å²) in [4.78, 5) is 31.9. The number of aromatic amines is 1. The van der Waals surface area contributed by atoms with E-state index in [9.17, 15) is 27.9 Å². The molecule has 0 bridgehead atoms. The highest BCUT2D eigenvalue weighted by atomic mass is 19.2. The minimum absolute atomic E-state index is 0.0478. The van der Waals surface area contributed by atoms with Crippen molar-refractivity contribution in [2.45, 2.75) is 37.6 Å². The second kappa shape index (κ2) is 11.0. The quantitative estimate of drug-likeness (QED) is 0.344. The summed E-state index contributed by atoms with van der Waals surface area (Å²) in [6, 6.07) is 9.27. The van der Waals surface area contributed by atoms with Crippen molar-refractivity contribution >= 4 is 28.9 Å². The van der Waals surface area contributed by atoms with Crippen LogP contribution in [0.5, 0.6) is 0 Å². The number of H-pyrrole nitrogens is 1. The van der Waals surface area contributed by atoms with Gasteiger partial charge in [0.05, 0.1) is 0 Å². The lowest BCUT2D eigenvalue weighted by Gasteiger charge is -2.41. The molecule has 1 aromatic heterocycles. The van der Waals surface area contributed by atoms with Gasteiger partial charge >= 0.3 is 5.97 Å². The Hall–Kier alpha value is -3.59. The molecular formula is C29H30F3N3O3. The van der Waals surface area contributed by atoms with Crippen LogP contribution in [0.1, 0.15) is 42.7 Å². The van der Waals surface area contributed by atoms with Crippen molar-refractivity contribution in [2.75, 3.05) is 26.2 Å². The summed E-state index contributed by atoms with van der Waals surface area (Å²) < 4.78 is 40.0. The second-order valence-corrected chi connectivity index (χ2v) is 10.2. The van der Waals surface area contributed by atoms with E-state index in [1.807, 2.05) is 12.1 Å². The van der Waals surface area contributed by atoms with Crippen LogP contribution in [0.2, 0.25) is 0 Å². The number of aliphatic carboxylic acids is 1. The Morgan fingerprint density at radius 3 is 2.29 bits per heavy atom. The molecule has 38 heavy (non-hydrogen) atoms. The van der Waals surface area contributed by atoms with Crippen LogP contribution in [-0.4, -0.2) is 64.0 Å². The number of carbonyl (C=O) groups excluding carboxylic acids is 1. The Balaban J connectivity index is 1.17. The number of piperidine rings is 2. The fourth-order valence-electron chi connectivity index (χ4n) is 5.96. The molecule has 1 atom stereocenters. The Kier molecular flexibility index (Phi) is 7.56. The van der Waals surface area contributed by atoms with Gasteiger partial charge in [-0.2, -0.15) is 0 Å². The van der Waals surface area contributed by atoms with Gasteiger partial charge in [0, 0.05) is 36.3 Å². The van der Waals surface area contributed by atoms with E-state index in [4.69, 9.17) is 0 Å². The maximum Gasteiger partial charge on any atom is 0.321 e. The first-order chi connectivity index (χ1) is 18.3. The molecule has 0 radical (unpaired) electrons. The maximum atomic E-state index is 13.4. The lowest BCUT2D eigenvalue weighted by molar-refractivity contribution is -0.147. The standard InChI is InChI=1S/C29H30F3N3O3/c30-23-15-18(16-24(31)27(23)32)5-6-26(36)34-11-9-20(10-12-34)28(29(37)38)35-13-7-19(8-14-35)22-17-33-25-4-2-1-3-21(22)25/h1-6,15-17,19-20,28,33H,7-14H2,(H,37,38)/t28-/m0/s1. The largest absolute Gasteiger partial charge is 0.480 e. The molecule has 9 heteroatoms. The van der Waals surface area contributed by atoms with Gasteiger partial charge in [-0.05, 0) is 86.0 Å². The van der Waals surface area contributed by atoms with Crippen LogP contribution in [0.3, 0.4) is 0 Å². The number of nitrogens with zero attached hydrogens (tertiary/aromatic N) is 2. The molecule has 0 spiro atoms. The monoisotopic (exact) mass is 525 g/mol. The number of rotatable bonds is 6. The predicted molar refractivity (Wildman–Crippen MR) is 138 cm³/mol. The van der Waals surface area contributed by atoms with Crippen molar-refractivity contribution in [1.82, 2.24) is 14.8 Å². The molecule has 0 saturated carbocycles. The second-order valence-electron chi connectivity index (χ2n) is 10.2. The highest BCUT2D eigenvalue weighted by molar-refractivity contribution is 5.91. The summed E-state index contributed by atoms with van der Waals surface area (Å²) >= 11 is 0. The van der Waals surface area contributed by atoms with Crippen LogP contribution in [-0.2, 0) is 9.59 Å². The fraction of sp³-hybridized carbons (Fsp3) is 0.379. The van der Waals surface area contributed by atoms with Gasteiger partial charge in [-0.25, -0.2) is 13.2 Å². The Morgan fingerprint density at radius 2 is 1.63 bits per heavy atom. The molecule has 2 N–H and O–H groups in total. The number of carboxylic acid groups (broad SMARTS) is 1. The van der Waals surface area contributed by atoms with Crippen molar-refractivity contribution in [3.05, 3.63) is 77.2 Å². The topological polar surface area (TPSA) is 76.6 Å². The highest BCUT2D eigenvalue weighted by Gasteiger charge is 2.38. The van der Waals surface area contributed by atoms with Crippen LogP contribution < -0.4 is 0 Å². The molecule has 2 aliphatic rings. The fourth-order valence-corrected chi connectivity index (χ4v) is 5.96. The minimum Gasteiger partial charge on any atom is -0.480 e. The maximum absolute atomic E-state index is 13.4. The number of carbonyl (C=O) groups is 2. The van der Waals surface area contributed by atoms with Gasteiger partial charge in [-0.15, -0.1) is 0 Å². The molecule has 2 aliphatic heterocycles. The van der Waals surface area contributed by atoms with E-state index in [-0.39, 0.29) is 17.4 Å². The predicted octanol–water partition coefficient (Wildman–Crippen LogP) is 5.17. The number of fused-ring (bicyclic) bond motifs is 1. The molecule has 0 unspecified atom stereocenters. The van der Waals surface area contributed by atoms with E-state index in [1.165, 1.54) is 23.1 Å². The normalized spacial score (nSPS) is 18.9. The average Bonchev–Trinajstić information content (AvgIpc) is 3.35. The summed E-state index contributed by atoms with van der Waals surface area (Å²) in [5, 5.41) is 11.3. The van der Waals surface area contributed by atoms with Gasteiger partial charge in [0.1, 0.15) is 6.04 Å². The van der Waals surface area contributed by atoms with Crippen molar-refractivity contribution in [2.24, 2.45) is 5.92 Å². The first-order valence-electron chi connectivity index (χ1n) is 13.0. The molecule has 200 valence electrons. The number of hydrogen-bond donors (Lipinski definition) is 2. The van der Waals surface area contributed by atoms with Crippen molar-refractivity contribution < 1.29 is 27.9 Å². The van der Waals surface area contributed by atoms with Crippen molar-refractivity contribution in [3.8, 4) is 0 Å². The SMILES string of the molecule is O=C(O)[C@H](C1CCN(C(=O)C=Cc2cc(F)c(F)c(F)c2)CC1)N1CCC(c2c[nH]c3ccccc23)CC1. The van der Waals surface area contributed by atoms with E-state index in [2.05, 4.69) is 28.2 Å². The van der Waals surface area contributed by atoms with E-state index in [1.54, 1.807) is 4.90 Å². The number of hydrogen-bond acceptors (Lipinski definition) is 3. The number of likely N-dealkylation sites (tertiary alicyclic amines) is 2. The van der Waals surface area contributed by atoms with Crippen LogP contribution in [0.4, 0.5) is 13.2 Å². The number of nitrogens with one attached hydrogen (secondary N) is 1. The van der Waals surface area contributed by atoms with Crippen LogP contribution >= 0.6 is 0 Å². The number of carboxylic acids is 1. The van der Waals surface area contributed by atoms with E-state index < -0.39 is 29.5 Å². The average molecular weight is 526 g/mol. The van der Waals surface area contributed by atoms with Crippen molar-refractivity contribution in [1.29, 1.82) is 0 Å². The van der Waals surface area contributed by atoms with Gasteiger partial charge in [0.25, 0.3) is 0 Å². The lowest BCUT2D eigenvalue weighted by Crippen LogP contribution is -2.52. The minimum atomic E-state index is -1.55. The summed E-state index contributed by atoms with van der Waals surface area (Å²) in [5.41, 5.74) is 2.45. The Morgan fingerprint density at radius 1 is 0.974 bits per heavy atom. The number of halogens is 3.